The summed E-state index contributed by atoms with van der Waals surface area (Å²) in [6.45, 7) is 5.55. The van der Waals surface area contributed by atoms with Gasteiger partial charge < -0.3 is 4.42 Å². The van der Waals surface area contributed by atoms with Crippen LogP contribution in [0.5, 0.6) is 0 Å². The summed E-state index contributed by atoms with van der Waals surface area (Å²) in [4.78, 5) is 32.0. The Hall–Kier alpha value is -3.29. The first-order chi connectivity index (χ1) is 16.0. The highest BCUT2D eigenvalue weighted by Gasteiger charge is 2.16. The molecule has 2 aromatic heterocycles. The second-order valence-corrected chi connectivity index (χ2v) is 9.65. The van der Waals surface area contributed by atoms with Gasteiger partial charge in [0.2, 0.25) is 5.91 Å². The maximum Gasteiger partial charge on any atom is 0.250 e. The van der Waals surface area contributed by atoms with E-state index in [9.17, 15) is 9.59 Å². The van der Waals surface area contributed by atoms with Gasteiger partial charge >= 0.3 is 0 Å². The number of thiazole rings is 1. The van der Waals surface area contributed by atoms with Gasteiger partial charge in [-0.1, -0.05) is 36.5 Å². The van der Waals surface area contributed by atoms with Gasteiger partial charge in [0, 0.05) is 12.6 Å². The van der Waals surface area contributed by atoms with Crippen LogP contribution < -0.4 is 10.7 Å². The van der Waals surface area contributed by atoms with Crippen LogP contribution in [0.3, 0.4) is 0 Å². The van der Waals surface area contributed by atoms with Crippen molar-refractivity contribution in [2.75, 3.05) is 18.4 Å². The van der Waals surface area contributed by atoms with E-state index in [2.05, 4.69) is 34.3 Å². The third kappa shape index (κ3) is 4.89. The molecule has 0 spiro atoms. The van der Waals surface area contributed by atoms with Crippen molar-refractivity contribution in [3.8, 4) is 0 Å². The van der Waals surface area contributed by atoms with E-state index < -0.39 is 0 Å². The van der Waals surface area contributed by atoms with E-state index in [0.717, 1.165) is 35.8 Å². The molecule has 1 amide bonds. The van der Waals surface area contributed by atoms with E-state index >= 15 is 0 Å². The molecule has 5 rings (SSSR count). The van der Waals surface area contributed by atoms with Crippen molar-refractivity contribution in [1.29, 1.82) is 0 Å². The van der Waals surface area contributed by atoms with Crippen LogP contribution in [0.25, 0.3) is 27.3 Å². The lowest BCUT2D eigenvalue weighted by atomic mass is 9.99. The van der Waals surface area contributed by atoms with Gasteiger partial charge in [-0.05, 0) is 67.8 Å². The summed E-state index contributed by atoms with van der Waals surface area (Å²) in [7, 11) is 0. The van der Waals surface area contributed by atoms with Crippen molar-refractivity contribution < 1.29 is 9.21 Å². The quantitative estimate of drug-likeness (QED) is 0.411. The lowest BCUT2D eigenvalue weighted by molar-refractivity contribution is -0.111. The fraction of sp³-hybridized carbons (Fsp3) is 0.269. The standard InChI is InChI=1S/C26H25N3O3S/c1-17-10-12-29(13-11-17)15-18-6-8-21-23(14-18)33-26(27-21)28-24(30)9-7-19-16-32-22-5-3-2-4-20(22)25(19)31/h2-9,14,16-17H,10-13,15H2,1H3,(H,27,28,30)/b9-7+. The van der Waals surface area contributed by atoms with Gasteiger partial charge in [0.25, 0.3) is 0 Å². The maximum atomic E-state index is 12.6. The molecule has 0 bridgehead atoms. The summed E-state index contributed by atoms with van der Waals surface area (Å²) in [6.07, 6.45) is 6.69. The summed E-state index contributed by atoms with van der Waals surface area (Å²) in [6, 6.07) is 13.3. The molecule has 1 saturated heterocycles. The molecule has 3 heterocycles. The molecule has 7 heteroatoms. The number of rotatable bonds is 5. The molecule has 0 radical (unpaired) electrons. The first-order valence-electron chi connectivity index (χ1n) is 11.2. The van der Waals surface area contributed by atoms with Gasteiger partial charge in [-0.15, -0.1) is 0 Å². The Bertz CT molecular complexity index is 1400. The number of likely N-dealkylation sites (tertiary alicyclic amines) is 1. The number of anilines is 1. The molecule has 1 fully saturated rings. The summed E-state index contributed by atoms with van der Waals surface area (Å²) >= 11 is 1.45. The topological polar surface area (TPSA) is 75.4 Å². The molecule has 1 N–H and O–H groups in total. The van der Waals surface area contributed by atoms with Crippen molar-refractivity contribution >= 4 is 49.6 Å². The zero-order chi connectivity index (χ0) is 22.8. The molecule has 0 saturated carbocycles. The molecule has 1 aliphatic heterocycles. The molecule has 168 valence electrons. The second kappa shape index (κ2) is 9.29. The number of hydrogen-bond acceptors (Lipinski definition) is 6. The number of carbonyl (C=O) groups excluding carboxylic acids is 1. The molecule has 0 unspecified atom stereocenters. The lowest BCUT2D eigenvalue weighted by Crippen LogP contribution is -2.32. The molecule has 6 nitrogen and oxygen atoms in total. The van der Waals surface area contributed by atoms with E-state index in [-0.39, 0.29) is 11.3 Å². The van der Waals surface area contributed by atoms with Crippen molar-refractivity contribution in [2.24, 2.45) is 5.92 Å². The van der Waals surface area contributed by atoms with Gasteiger partial charge in [-0.25, -0.2) is 4.98 Å². The number of carbonyl (C=O) groups is 1. The third-order valence-electron chi connectivity index (χ3n) is 6.09. The van der Waals surface area contributed by atoms with E-state index in [0.29, 0.717) is 21.7 Å². The maximum absolute atomic E-state index is 12.6. The normalized spacial score (nSPS) is 15.5. The number of fused-ring (bicyclic) bond motifs is 2. The Morgan fingerprint density at radius 3 is 2.91 bits per heavy atom. The number of hydrogen-bond donors (Lipinski definition) is 1. The SMILES string of the molecule is CC1CCN(Cc2ccc3nc(NC(=O)/C=C/c4coc5ccccc5c4=O)sc3c2)CC1. The molecule has 0 atom stereocenters. The largest absolute Gasteiger partial charge is 0.463 e. The van der Waals surface area contributed by atoms with Crippen LogP contribution in [0.2, 0.25) is 0 Å². The van der Waals surface area contributed by atoms with Gasteiger partial charge in [0.1, 0.15) is 11.8 Å². The molecule has 4 aromatic rings. The second-order valence-electron chi connectivity index (χ2n) is 8.62. The van der Waals surface area contributed by atoms with Crippen LogP contribution in [0, 0.1) is 5.92 Å². The summed E-state index contributed by atoms with van der Waals surface area (Å²) in [5.41, 5.74) is 2.81. The van der Waals surface area contributed by atoms with Crippen LogP contribution in [0.4, 0.5) is 5.13 Å². The number of nitrogens with one attached hydrogen (secondary N) is 1. The number of amides is 1. The number of aromatic nitrogens is 1. The minimum Gasteiger partial charge on any atom is -0.463 e. The Labute approximate surface area is 195 Å². The van der Waals surface area contributed by atoms with Crippen LogP contribution in [0.15, 0.2) is 64.0 Å². The molecule has 33 heavy (non-hydrogen) atoms. The number of benzene rings is 2. The number of piperidine rings is 1. The highest BCUT2D eigenvalue weighted by molar-refractivity contribution is 7.22. The molecule has 1 aliphatic rings. The molecule has 2 aromatic carbocycles. The smallest absolute Gasteiger partial charge is 0.250 e. The van der Waals surface area contributed by atoms with Crippen molar-refractivity contribution in [3.05, 3.63) is 76.2 Å². The van der Waals surface area contributed by atoms with Gasteiger partial charge in [-0.2, -0.15) is 0 Å². The average Bonchev–Trinajstić information content (AvgIpc) is 3.22. The first-order valence-corrected chi connectivity index (χ1v) is 12.0. The minimum atomic E-state index is -0.343. The van der Waals surface area contributed by atoms with Crippen molar-refractivity contribution in [2.45, 2.75) is 26.3 Å². The monoisotopic (exact) mass is 459 g/mol. The van der Waals surface area contributed by atoms with Crippen LogP contribution in [-0.2, 0) is 11.3 Å². The lowest BCUT2D eigenvalue weighted by Gasteiger charge is -2.30. The Balaban J connectivity index is 1.26. The van der Waals surface area contributed by atoms with Crippen LogP contribution in [-0.4, -0.2) is 28.9 Å². The molecule has 0 aliphatic carbocycles. The average molecular weight is 460 g/mol. The van der Waals surface area contributed by atoms with Gasteiger partial charge in [0.15, 0.2) is 10.6 Å². The minimum absolute atomic E-state index is 0.170. The van der Waals surface area contributed by atoms with Gasteiger partial charge in [-0.3, -0.25) is 19.8 Å². The Morgan fingerprint density at radius 2 is 2.06 bits per heavy atom. The van der Waals surface area contributed by atoms with E-state index in [1.165, 1.54) is 48.2 Å². The first kappa shape index (κ1) is 21.6. The summed E-state index contributed by atoms with van der Waals surface area (Å²) < 4.78 is 6.54. The highest BCUT2D eigenvalue weighted by atomic mass is 32.1. The molecular weight excluding hydrogens is 434 g/mol. The Morgan fingerprint density at radius 1 is 1.24 bits per heavy atom. The number of para-hydroxylation sites is 1. The van der Waals surface area contributed by atoms with Crippen LogP contribution >= 0.6 is 11.3 Å². The summed E-state index contributed by atoms with van der Waals surface area (Å²) in [5.74, 6) is 0.477. The summed E-state index contributed by atoms with van der Waals surface area (Å²) in [5, 5.41) is 3.83. The predicted octanol–water partition coefficient (Wildman–Crippen LogP) is 5.29. The fourth-order valence-electron chi connectivity index (χ4n) is 4.12. The van der Waals surface area contributed by atoms with Crippen LogP contribution in [0.1, 0.15) is 30.9 Å². The third-order valence-corrected chi connectivity index (χ3v) is 7.02. The predicted molar refractivity (Wildman–Crippen MR) is 133 cm³/mol. The zero-order valence-electron chi connectivity index (χ0n) is 18.4. The van der Waals surface area contributed by atoms with E-state index in [4.69, 9.17) is 4.42 Å². The zero-order valence-corrected chi connectivity index (χ0v) is 19.2. The highest BCUT2D eigenvalue weighted by Crippen LogP contribution is 2.28. The van der Waals surface area contributed by atoms with E-state index in [1.54, 1.807) is 18.2 Å². The van der Waals surface area contributed by atoms with Crippen molar-refractivity contribution in [1.82, 2.24) is 9.88 Å². The fourth-order valence-corrected chi connectivity index (χ4v) is 5.05. The van der Waals surface area contributed by atoms with Crippen molar-refractivity contribution in [3.63, 3.8) is 0 Å². The molecular formula is C26H25N3O3S. The number of nitrogens with zero attached hydrogens (tertiary/aromatic N) is 2. The van der Waals surface area contributed by atoms with Gasteiger partial charge in [0.05, 0.1) is 21.2 Å². The van der Waals surface area contributed by atoms with E-state index in [1.807, 2.05) is 12.1 Å². The Kier molecular flexibility index (Phi) is 6.07.